The number of rotatable bonds is 2. The number of hydrogen-bond acceptors (Lipinski definition) is 3. The van der Waals surface area contributed by atoms with Crippen LogP contribution >= 0.6 is 15.9 Å². The second-order valence-corrected chi connectivity index (χ2v) is 5.28. The molecule has 1 aliphatic heterocycles. The van der Waals surface area contributed by atoms with Gasteiger partial charge in [-0.3, -0.25) is 4.79 Å². The monoisotopic (exact) mass is 300 g/mol. The Morgan fingerprint density at radius 1 is 1.59 bits per heavy atom. The van der Waals surface area contributed by atoms with Gasteiger partial charge in [0.05, 0.1) is 5.69 Å². The zero-order chi connectivity index (χ0) is 12.6. The average Bonchev–Trinajstić information content (AvgIpc) is 2.80. The number of carbonyl (C=O) groups excluding carboxylic acids is 1. The van der Waals surface area contributed by atoms with E-state index in [9.17, 15) is 4.79 Å². The number of likely N-dealkylation sites (tertiary alicyclic amines) is 1. The molecule has 0 N–H and O–H groups in total. The van der Waals surface area contributed by atoms with Crippen molar-refractivity contribution in [2.75, 3.05) is 11.9 Å². The van der Waals surface area contributed by atoms with Crippen LogP contribution in [0.3, 0.4) is 0 Å². The second kappa shape index (κ2) is 4.80. The summed E-state index contributed by atoms with van der Waals surface area (Å²) in [5.74, 6) is 1.44. The number of nitrogens with zero attached hydrogens (tertiary/aromatic N) is 2. The Bertz CT molecular complexity index is 430. The lowest BCUT2D eigenvalue weighted by atomic mass is 10.1. The lowest BCUT2D eigenvalue weighted by Gasteiger charge is -2.24. The molecule has 4 nitrogen and oxygen atoms in total. The zero-order valence-corrected chi connectivity index (χ0v) is 12.0. The van der Waals surface area contributed by atoms with E-state index in [4.69, 9.17) is 4.42 Å². The number of aryl methyl sites for hydroxylation is 2. The molecule has 0 saturated carbocycles. The minimum absolute atomic E-state index is 0.0306. The van der Waals surface area contributed by atoms with Crippen LogP contribution in [0.1, 0.15) is 35.5 Å². The van der Waals surface area contributed by atoms with Crippen molar-refractivity contribution in [3.05, 3.63) is 17.3 Å². The number of halogens is 1. The summed E-state index contributed by atoms with van der Waals surface area (Å²) < 4.78 is 5.40. The molecule has 2 unspecified atom stereocenters. The molecule has 94 valence electrons. The first-order valence-electron chi connectivity index (χ1n) is 5.85. The quantitative estimate of drug-likeness (QED) is 0.789. The molecule has 5 heteroatoms. The van der Waals surface area contributed by atoms with Gasteiger partial charge in [0.2, 0.25) is 5.76 Å². The number of carbonyl (C=O) groups is 1. The first-order valence-corrected chi connectivity index (χ1v) is 6.97. The molecule has 0 aliphatic carbocycles. The van der Waals surface area contributed by atoms with Crippen LogP contribution in [0.4, 0.5) is 0 Å². The number of hydrogen-bond donors (Lipinski definition) is 0. The predicted octanol–water partition coefficient (Wildman–Crippen LogP) is 2.54. The van der Waals surface area contributed by atoms with Crippen molar-refractivity contribution in [1.82, 2.24) is 9.88 Å². The molecule has 2 rings (SSSR count). The normalized spacial score (nSPS) is 24.4. The molecule has 0 radical (unpaired) electrons. The fraction of sp³-hybridized carbons (Fsp3) is 0.667. The van der Waals surface area contributed by atoms with E-state index < -0.39 is 0 Å². The van der Waals surface area contributed by atoms with E-state index in [-0.39, 0.29) is 11.9 Å². The summed E-state index contributed by atoms with van der Waals surface area (Å²) in [7, 11) is 0. The summed E-state index contributed by atoms with van der Waals surface area (Å²) in [6.45, 7) is 6.55. The third-order valence-electron chi connectivity index (χ3n) is 3.40. The van der Waals surface area contributed by atoms with Crippen molar-refractivity contribution in [2.24, 2.45) is 5.92 Å². The first kappa shape index (κ1) is 12.6. The third kappa shape index (κ3) is 2.25. The molecule has 1 amide bonds. The van der Waals surface area contributed by atoms with Gasteiger partial charge in [-0.15, -0.1) is 0 Å². The lowest BCUT2D eigenvalue weighted by molar-refractivity contribution is 0.0704. The molecule has 1 fully saturated rings. The van der Waals surface area contributed by atoms with Crippen LogP contribution in [0.5, 0.6) is 0 Å². The molecule has 0 aromatic carbocycles. The van der Waals surface area contributed by atoms with Gasteiger partial charge in [-0.1, -0.05) is 22.9 Å². The largest absolute Gasteiger partial charge is 0.436 e. The van der Waals surface area contributed by atoms with Gasteiger partial charge in [-0.25, -0.2) is 4.98 Å². The van der Waals surface area contributed by atoms with Crippen LogP contribution in [0, 0.1) is 19.8 Å². The maximum atomic E-state index is 12.4. The summed E-state index contributed by atoms with van der Waals surface area (Å²) in [6.07, 6.45) is 1.05. The Labute approximate surface area is 110 Å². The second-order valence-electron chi connectivity index (χ2n) is 4.63. The Hall–Kier alpha value is -0.840. The van der Waals surface area contributed by atoms with Crippen molar-refractivity contribution in [3.8, 4) is 0 Å². The summed E-state index contributed by atoms with van der Waals surface area (Å²) >= 11 is 3.48. The Balaban J connectivity index is 2.23. The highest BCUT2D eigenvalue weighted by Gasteiger charge is 2.36. The molecular weight excluding hydrogens is 284 g/mol. The third-order valence-corrected chi connectivity index (χ3v) is 4.06. The Kier molecular flexibility index (Phi) is 3.56. The molecule has 0 bridgehead atoms. The molecule has 0 spiro atoms. The highest BCUT2D eigenvalue weighted by molar-refractivity contribution is 9.09. The van der Waals surface area contributed by atoms with Crippen LogP contribution in [0.25, 0.3) is 0 Å². The molecule has 2 atom stereocenters. The van der Waals surface area contributed by atoms with Crippen LogP contribution in [-0.2, 0) is 0 Å². The summed E-state index contributed by atoms with van der Waals surface area (Å²) in [6, 6.07) is 0.257. The van der Waals surface area contributed by atoms with Crippen molar-refractivity contribution < 1.29 is 9.21 Å². The van der Waals surface area contributed by atoms with Crippen LogP contribution in [0.15, 0.2) is 4.42 Å². The van der Waals surface area contributed by atoms with E-state index in [1.54, 1.807) is 6.92 Å². The topological polar surface area (TPSA) is 46.3 Å². The van der Waals surface area contributed by atoms with Gasteiger partial charge in [-0.05, 0) is 19.3 Å². The van der Waals surface area contributed by atoms with Crippen LogP contribution in [0.2, 0.25) is 0 Å². The fourth-order valence-corrected chi connectivity index (χ4v) is 3.34. The SMILES string of the molecule is Cc1nc(C)c(C(=O)N2CCC(C)C2CBr)o1. The van der Waals surface area contributed by atoms with E-state index in [0.29, 0.717) is 23.3 Å². The highest BCUT2D eigenvalue weighted by atomic mass is 79.9. The molecule has 1 aliphatic rings. The van der Waals surface area contributed by atoms with Crippen molar-refractivity contribution >= 4 is 21.8 Å². The van der Waals surface area contributed by atoms with E-state index in [0.717, 1.165) is 18.3 Å². The van der Waals surface area contributed by atoms with Gasteiger partial charge in [-0.2, -0.15) is 0 Å². The number of alkyl halides is 1. The van der Waals surface area contributed by atoms with E-state index >= 15 is 0 Å². The molecule has 1 aromatic rings. The van der Waals surface area contributed by atoms with Gasteiger partial charge in [0.15, 0.2) is 5.89 Å². The molecular formula is C12H17BrN2O2. The minimum Gasteiger partial charge on any atom is -0.436 e. The van der Waals surface area contributed by atoms with Crippen molar-refractivity contribution in [3.63, 3.8) is 0 Å². The number of oxazole rings is 1. The van der Waals surface area contributed by atoms with E-state index in [2.05, 4.69) is 27.8 Å². The molecule has 17 heavy (non-hydrogen) atoms. The number of amides is 1. The number of aromatic nitrogens is 1. The standard InChI is InChI=1S/C12H17BrN2O2/c1-7-4-5-15(10(7)6-13)12(16)11-8(2)14-9(3)17-11/h7,10H,4-6H2,1-3H3. The van der Waals surface area contributed by atoms with E-state index in [1.807, 2.05) is 11.8 Å². The van der Waals surface area contributed by atoms with Crippen molar-refractivity contribution in [1.29, 1.82) is 0 Å². The molecule has 1 aromatic heterocycles. The first-order chi connectivity index (χ1) is 8.04. The van der Waals surface area contributed by atoms with Crippen LogP contribution < -0.4 is 0 Å². The van der Waals surface area contributed by atoms with Gasteiger partial charge >= 0.3 is 0 Å². The van der Waals surface area contributed by atoms with E-state index in [1.165, 1.54) is 0 Å². The molecule has 2 heterocycles. The van der Waals surface area contributed by atoms with Gasteiger partial charge < -0.3 is 9.32 Å². The summed E-state index contributed by atoms with van der Waals surface area (Å²) in [5, 5.41) is 0.812. The fourth-order valence-electron chi connectivity index (χ4n) is 2.36. The lowest BCUT2D eigenvalue weighted by Crippen LogP contribution is -2.38. The Morgan fingerprint density at radius 2 is 2.29 bits per heavy atom. The van der Waals surface area contributed by atoms with Gasteiger partial charge in [0.1, 0.15) is 0 Å². The van der Waals surface area contributed by atoms with Crippen LogP contribution in [-0.4, -0.2) is 33.7 Å². The maximum Gasteiger partial charge on any atom is 0.291 e. The molecule has 1 saturated heterocycles. The smallest absolute Gasteiger partial charge is 0.291 e. The highest BCUT2D eigenvalue weighted by Crippen LogP contribution is 2.27. The average molecular weight is 301 g/mol. The Morgan fingerprint density at radius 3 is 2.82 bits per heavy atom. The maximum absolute atomic E-state index is 12.4. The summed E-state index contributed by atoms with van der Waals surface area (Å²) in [4.78, 5) is 18.4. The van der Waals surface area contributed by atoms with Gasteiger partial charge in [0.25, 0.3) is 5.91 Å². The van der Waals surface area contributed by atoms with Crippen molar-refractivity contribution in [2.45, 2.75) is 33.2 Å². The van der Waals surface area contributed by atoms with Gasteiger partial charge in [0, 0.05) is 24.8 Å². The zero-order valence-electron chi connectivity index (χ0n) is 10.4. The predicted molar refractivity (Wildman–Crippen MR) is 68.4 cm³/mol. The minimum atomic E-state index is -0.0306. The summed E-state index contributed by atoms with van der Waals surface area (Å²) in [5.41, 5.74) is 0.681.